The first-order chi connectivity index (χ1) is 14.1. The maximum atomic E-state index is 12.9. The lowest BCUT2D eigenvalue weighted by Crippen LogP contribution is -2.50. The SMILES string of the molecule is C[C@H](C(=O)NCc1ccccc1Cl)N(Cc1ccccc1)C(=O)CN(C)S(C)(=O)=O. The summed E-state index contributed by atoms with van der Waals surface area (Å²) in [4.78, 5) is 27.0. The van der Waals surface area contributed by atoms with Crippen LogP contribution in [-0.2, 0) is 32.7 Å². The van der Waals surface area contributed by atoms with Crippen molar-refractivity contribution in [1.29, 1.82) is 0 Å². The molecule has 2 amide bonds. The summed E-state index contributed by atoms with van der Waals surface area (Å²) < 4.78 is 24.4. The zero-order valence-corrected chi connectivity index (χ0v) is 18.8. The van der Waals surface area contributed by atoms with Crippen LogP contribution in [0, 0.1) is 0 Å². The zero-order chi connectivity index (χ0) is 22.3. The van der Waals surface area contributed by atoms with Gasteiger partial charge in [0, 0.05) is 25.2 Å². The molecule has 0 saturated heterocycles. The lowest BCUT2D eigenvalue weighted by Gasteiger charge is -2.30. The number of nitrogens with zero attached hydrogens (tertiary/aromatic N) is 2. The lowest BCUT2D eigenvalue weighted by atomic mass is 10.1. The summed E-state index contributed by atoms with van der Waals surface area (Å²) in [6.45, 7) is 1.66. The fourth-order valence-corrected chi connectivity index (χ4v) is 3.28. The molecule has 1 N–H and O–H groups in total. The molecule has 0 aliphatic heterocycles. The van der Waals surface area contributed by atoms with Crippen molar-refractivity contribution >= 4 is 33.4 Å². The molecule has 0 unspecified atom stereocenters. The van der Waals surface area contributed by atoms with Crippen molar-refractivity contribution in [2.45, 2.75) is 26.1 Å². The summed E-state index contributed by atoms with van der Waals surface area (Å²) in [5.74, 6) is -0.826. The highest BCUT2D eigenvalue weighted by Crippen LogP contribution is 2.15. The van der Waals surface area contributed by atoms with Crippen LogP contribution < -0.4 is 5.32 Å². The highest BCUT2D eigenvalue weighted by molar-refractivity contribution is 7.88. The van der Waals surface area contributed by atoms with Crippen LogP contribution >= 0.6 is 11.6 Å². The maximum absolute atomic E-state index is 12.9. The van der Waals surface area contributed by atoms with Crippen molar-refractivity contribution < 1.29 is 18.0 Å². The molecule has 2 aromatic carbocycles. The Morgan fingerprint density at radius 2 is 1.67 bits per heavy atom. The first-order valence-electron chi connectivity index (χ1n) is 9.35. The predicted molar refractivity (Wildman–Crippen MR) is 117 cm³/mol. The van der Waals surface area contributed by atoms with Crippen LogP contribution in [0.4, 0.5) is 0 Å². The summed E-state index contributed by atoms with van der Waals surface area (Å²) in [5, 5.41) is 3.33. The molecule has 0 aliphatic rings. The van der Waals surface area contributed by atoms with Gasteiger partial charge < -0.3 is 10.2 Å². The lowest BCUT2D eigenvalue weighted by molar-refractivity contribution is -0.140. The van der Waals surface area contributed by atoms with Gasteiger partial charge in [0.2, 0.25) is 21.8 Å². The number of sulfonamides is 1. The van der Waals surface area contributed by atoms with Crippen LogP contribution in [-0.4, -0.2) is 55.3 Å². The van der Waals surface area contributed by atoms with Crippen molar-refractivity contribution in [1.82, 2.24) is 14.5 Å². The summed E-state index contributed by atoms with van der Waals surface area (Å²) in [6.07, 6.45) is 1.03. The van der Waals surface area contributed by atoms with Crippen molar-refractivity contribution in [3.63, 3.8) is 0 Å². The third-order valence-electron chi connectivity index (χ3n) is 4.70. The maximum Gasteiger partial charge on any atom is 0.242 e. The van der Waals surface area contributed by atoms with Gasteiger partial charge in [-0.1, -0.05) is 60.1 Å². The summed E-state index contributed by atoms with van der Waals surface area (Å²) in [5.41, 5.74) is 1.59. The number of hydrogen-bond acceptors (Lipinski definition) is 4. The molecule has 2 aromatic rings. The van der Waals surface area contributed by atoms with Gasteiger partial charge in [-0.2, -0.15) is 4.31 Å². The molecule has 9 heteroatoms. The Morgan fingerprint density at radius 3 is 2.27 bits per heavy atom. The second kappa shape index (κ2) is 10.6. The fraction of sp³-hybridized carbons (Fsp3) is 0.333. The number of nitrogens with one attached hydrogen (secondary N) is 1. The van der Waals surface area contributed by atoms with Crippen LogP contribution in [0.15, 0.2) is 54.6 Å². The third kappa shape index (κ3) is 6.83. The van der Waals surface area contributed by atoms with E-state index < -0.39 is 22.0 Å². The molecule has 0 heterocycles. The van der Waals surface area contributed by atoms with Gasteiger partial charge in [-0.3, -0.25) is 9.59 Å². The number of carbonyl (C=O) groups excluding carboxylic acids is 2. The van der Waals surface area contributed by atoms with E-state index in [-0.39, 0.29) is 25.5 Å². The Labute approximate surface area is 182 Å². The van der Waals surface area contributed by atoms with Crippen molar-refractivity contribution in [2.75, 3.05) is 19.8 Å². The molecule has 162 valence electrons. The summed E-state index contributed by atoms with van der Waals surface area (Å²) in [7, 11) is -2.20. The number of amides is 2. The largest absolute Gasteiger partial charge is 0.350 e. The molecule has 0 aromatic heterocycles. The van der Waals surface area contributed by atoms with E-state index in [0.717, 1.165) is 21.7 Å². The Hall–Kier alpha value is -2.42. The number of carbonyl (C=O) groups is 2. The minimum Gasteiger partial charge on any atom is -0.350 e. The van der Waals surface area contributed by atoms with E-state index in [4.69, 9.17) is 11.6 Å². The Bertz CT molecular complexity index is 983. The molecule has 2 rings (SSSR count). The van der Waals surface area contributed by atoms with Gasteiger partial charge in [0.05, 0.1) is 12.8 Å². The van der Waals surface area contributed by atoms with Crippen LogP contribution in [0.5, 0.6) is 0 Å². The first-order valence-corrected chi connectivity index (χ1v) is 11.6. The van der Waals surface area contributed by atoms with Crippen molar-refractivity contribution in [3.8, 4) is 0 Å². The smallest absolute Gasteiger partial charge is 0.242 e. The van der Waals surface area contributed by atoms with E-state index in [1.165, 1.54) is 11.9 Å². The molecule has 0 fully saturated rings. The van der Waals surface area contributed by atoms with Gasteiger partial charge in [-0.05, 0) is 24.1 Å². The summed E-state index contributed by atoms with van der Waals surface area (Å²) in [6, 6.07) is 15.6. The molecule has 30 heavy (non-hydrogen) atoms. The minimum absolute atomic E-state index is 0.179. The quantitative estimate of drug-likeness (QED) is 0.633. The van der Waals surface area contributed by atoms with E-state index in [9.17, 15) is 18.0 Å². The van der Waals surface area contributed by atoms with Crippen molar-refractivity contribution in [3.05, 3.63) is 70.7 Å². The zero-order valence-electron chi connectivity index (χ0n) is 17.2. The van der Waals surface area contributed by atoms with E-state index in [0.29, 0.717) is 5.02 Å². The van der Waals surface area contributed by atoms with Gasteiger partial charge >= 0.3 is 0 Å². The van der Waals surface area contributed by atoms with E-state index in [1.807, 2.05) is 36.4 Å². The number of likely N-dealkylation sites (N-methyl/N-ethyl adjacent to an activating group) is 1. The van der Waals surface area contributed by atoms with Gasteiger partial charge in [0.1, 0.15) is 6.04 Å². The van der Waals surface area contributed by atoms with E-state index in [2.05, 4.69) is 5.32 Å². The highest BCUT2D eigenvalue weighted by Gasteiger charge is 2.28. The Kier molecular flexibility index (Phi) is 8.40. The second-order valence-electron chi connectivity index (χ2n) is 7.01. The van der Waals surface area contributed by atoms with Crippen LogP contribution in [0.2, 0.25) is 5.02 Å². The fourth-order valence-electron chi connectivity index (χ4n) is 2.73. The van der Waals surface area contributed by atoms with Crippen LogP contribution in [0.3, 0.4) is 0 Å². The molecule has 0 spiro atoms. The average Bonchev–Trinajstić information content (AvgIpc) is 2.70. The van der Waals surface area contributed by atoms with Crippen molar-refractivity contribution in [2.24, 2.45) is 0 Å². The van der Waals surface area contributed by atoms with Gasteiger partial charge in [0.25, 0.3) is 0 Å². The predicted octanol–water partition coefficient (Wildman–Crippen LogP) is 2.26. The second-order valence-corrected chi connectivity index (χ2v) is 9.51. The third-order valence-corrected chi connectivity index (χ3v) is 6.33. The molecule has 0 radical (unpaired) electrons. The van der Waals surface area contributed by atoms with Gasteiger partial charge in [0.15, 0.2) is 0 Å². The molecule has 0 aliphatic carbocycles. The van der Waals surface area contributed by atoms with E-state index in [1.54, 1.807) is 25.1 Å². The van der Waals surface area contributed by atoms with Gasteiger partial charge in [-0.15, -0.1) is 0 Å². The van der Waals surface area contributed by atoms with Crippen LogP contribution in [0.25, 0.3) is 0 Å². The average molecular weight is 452 g/mol. The number of rotatable bonds is 9. The number of hydrogen-bond donors (Lipinski definition) is 1. The monoisotopic (exact) mass is 451 g/mol. The van der Waals surface area contributed by atoms with E-state index >= 15 is 0 Å². The Morgan fingerprint density at radius 1 is 1.07 bits per heavy atom. The first kappa shape index (κ1) is 23.9. The molecular weight excluding hydrogens is 426 g/mol. The number of benzene rings is 2. The topological polar surface area (TPSA) is 86.8 Å². The normalized spacial score (nSPS) is 12.4. The minimum atomic E-state index is -3.53. The van der Waals surface area contributed by atoms with Gasteiger partial charge in [-0.25, -0.2) is 8.42 Å². The number of halogens is 1. The molecule has 1 atom stereocenters. The molecule has 7 nitrogen and oxygen atoms in total. The standard InChI is InChI=1S/C21H26ClN3O4S/c1-16(21(27)23-13-18-11-7-8-12-19(18)22)25(14-17-9-5-4-6-10-17)20(26)15-24(2)30(3,28)29/h4-12,16H,13-15H2,1-3H3,(H,23,27)/t16-/m1/s1. The molecule has 0 saturated carbocycles. The molecule has 0 bridgehead atoms. The van der Waals surface area contributed by atoms with Crippen LogP contribution in [0.1, 0.15) is 18.1 Å². The highest BCUT2D eigenvalue weighted by atomic mass is 35.5. The Balaban J connectivity index is 2.16. The summed E-state index contributed by atoms with van der Waals surface area (Å²) >= 11 is 6.13. The molecular formula is C21H26ClN3O4S.